The molecule has 1 aromatic carbocycles. The number of carbonyl (C=O) groups excluding carboxylic acids is 1. The molecule has 0 heterocycles. The Morgan fingerprint density at radius 1 is 1.15 bits per heavy atom. The first-order chi connectivity index (χ1) is 9.35. The zero-order chi connectivity index (χ0) is 15.3. The smallest absolute Gasteiger partial charge is 0.410 e. The lowest BCUT2D eigenvalue weighted by Crippen LogP contribution is -2.41. The molecule has 1 rings (SSSR count). The zero-order valence-electron chi connectivity index (χ0n) is 13.6. The van der Waals surface area contributed by atoms with Crippen LogP contribution in [0.2, 0.25) is 19.6 Å². The number of hydrogen-bond acceptors (Lipinski definition) is 2. The highest BCUT2D eigenvalue weighted by Gasteiger charge is 2.25. The third kappa shape index (κ3) is 3.85. The molecule has 0 unspecified atom stereocenters. The van der Waals surface area contributed by atoms with Crippen molar-refractivity contribution in [1.29, 1.82) is 0 Å². The highest BCUT2D eigenvalue weighted by atomic mass is 28.3. The van der Waals surface area contributed by atoms with Crippen molar-refractivity contribution in [3.05, 3.63) is 23.8 Å². The molecule has 0 radical (unpaired) electrons. The van der Waals surface area contributed by atoms with Gasteiger partial charge in [-0.2, -0.15) is 0 Å². The molecule has 0 atom stereocenters. The van der Waals surface area contributed by atoms with Crippen LogP contribution in [0.15, 0.2) is 18.2 Å². The summed E-state index contributed by atoms with van der Waals surface area (Å²) in [5.41, 5.74) is 1.12. The second kappa shape index (κ2) is 6.93. The Morgan fingerprint density at radius 2 is 1.75 bits per heavy atom. The maximum atomic E-state index is 12.2. The van der Waals surface area contributed by atoms with Crippen LogP contribution in [0.25, 0.3) is 0 Å². The molecule has 20 heavy (non-hydrogen) atoms. The van der Waals surface area contributed by atoms with Crippen molar-refractivity contribution < 1.29 is 9.53 Å². The molecule has 0 aliphatic rings. The monoisotopic (exact) mass is 293 g/mol. The second-order valence-corrected chi connectivity index (χ2v) is 11.0. The third-order valence-corrected chi connectivity index (χ3v) is 5.51. The van der Waals surface area contributed by atoms with E-state index >= 15 is 0 Å². The summed E-state index contributed by atoms with van der Waals surface area (Å²) in [5.74, 6) is 0.797. The fourth-order valence-corrected chi connectivity index (χ4v) is 3.70. The van der Waals surface area contributed by atoms with Crippen LogP contribution in [0.3, 0.4) is 0 Å². The molecule has 0 saturated carbocycles. The normalized spacial score (nSPS) is 11.3. The molecule has 0 aliphatic heterocycles. The van der Waals surface area contributed by atoms with Gasteiger partial charge in [0.15, 0.2) is 0 Å². The van der Waals surface area contributed by atoms with Gasteiger partial charge in [-0.05, 0) is 31.0 Å². The largest absolute Gasteiger partial charge is 0.415 e. The Morgan fingerprint density at radius 3 is 2.20 bits per heavy atom. The maximum absolute atomic E-state index is 12.2. The molecule has 0 spiro atoms. The van der Waals surface area contributed by atoms with Gasteiger partial charge >= 0.3 is 6.09 Å². The molecule has 0 N–H and O–H groups in total. The zero-order valence-corrected chi connectivity index (χ0v) is 14.6. The molecule has 1 amide bonds. The molecular formula is C16H27NO2Si. The van der Waals surface area contributed by atoms with Crippen LogP contribution in [0.4, 0.5) is 4.79 Å². The lowest BCUT2D eigenvalue weighted by Gasteiger charge is -2.25. The quantitative estimate of drug-likeness (QED) is 0.776. The molecule has 112 valence electrons. The Hall–Kier alpha value is -1.29. The van der Waals surface area contributed by atoms with Gasteiger partial charge in [-0.3, -0.25) is 0 Å². The predicted molar refractivity (Wildman–Crippen MR) is 87.7 cm³/mol. The average Bonchev–Trinajstić information content (AvgIpc) is 2.39. The number of carbonyl (C=O) groups is 1. The van der Waals surface area contributed by atoms with Crippen molar-refractivity contribution in [2.24, 2.45) is 0 Å². The van der Waals surface area contributed by atoms with Crippen LogP contribution in [-0.2, 0) is 6.42 Å². The Kier molecular flexibility index (Phi) is 5.81. The van der Waals surface area contributed by atoms with E-state index in [2.05, 4.69) is 44.8 Å². The summed E-state index contributed by atoms with van der Waals surface area (Å²) in [4.78, 5) is 13.9. The van der Waals surface area contributed by atoms with Crippen LogP contribution in [0.1, 0.15) is 26.3 Å². The molecular weight excluding hydrogens is 266 g/mol. The number of para-hydroxylation sites is 1. The number of nitrogens with zero attached hydrogens (tertiary/aromatic N) is 1. The van der Waals surface area contributed by atoms with Crippen LogP contribution in [0.5, 0.6) is 5.75 Å². The summed E-state index contributed by atoms with van der Waals surface area (Å²) in [6.07, 6.45) is 0.634. The number of hydrogen-bond donors (Lipinski definition) is 0. The number of aryl methyl sites for hydroxylation is 1. The van der Waals surface area contributed by atoms with Gasteiger partial charge in [0.2, 0.25) is 0 Å². The maximum Gasteiger partial charge on any atom is 0.415 e. The van der Waals surface area contributed by atoms with Gasteiger partial charge in [0, 0.05) is 13.1 Å². The first-order valence-electron chi connectivity index (χ1n) is 7.44. The summed E-state index contributed by atoms with van der Waals surface area (Å²) in [6.45, 7) is 14.2. The van der Waals surface area contributed by atoms with Crippen molar-refractivity contribution in [1.82, 2.24) is 4.90 Å². The molecule has 1 aromatic rings. The minimum Gasteiger partial charge on any atom is -0.410 e. The lowest BCUT2D eigenvalue weighted by atomic mass is 10.1. The number of rotatable bonds is 5. The predicted octanol–water partition coefficient (Wildman–Crippen LogP) is 3.63. The van der Waals surface area contributed by atoms with Gasteiger partial charge in [0.1, 0.15) is 5.75 Å². The summed E-state index contributed by atoms with van der Waals surface area (Å²) in [6, 6.07) is 6.23. The van der Waals surface area contributed by atoms with E-state index in [9.17, 15) is 4.79 Å². The summed E-state index contributed by atoms with van der Waals surface area (Å²) in [7, 11) is -1.54. The fraction of sp³-hybridized carbons (Fsp3) is 0.562. The topological polar surface area (TPSA) is 29.5 Å². The van der Waals surface area contributed by atoms with Crippen molar-refractivity contribution >= 4 is 19.4 Å². The summed E-state index contributed by atoms with van der Waals surface area (Å²) in [5, 5.41) is 1.22. The molecule has 0 saturated heterocycles. The van der Waals surface area contributed by atoms with E-state index in [1.54, 1.807) is 4.90 Å². The standard InChI is InChI=1S/C16H27NO2Si/c1-7-13-11-10-12-14(20(4,5)6)15(13)19-16(18)17(8-2)9-3/h10-12H,7-9H2,1-6H3. The van der Waals surface area contributed by atoms with E-state index in [0.717, 1.165) is 17.7 Å². The van der Waals surface area contributed by atoms with Crippen LogP contribution in [-0.4, -0.2) is 32.2 Å². The van der Waals surface area contributed by atoms with Gasteiger partial charge in [-0.15, -0.1) is 0 Å². The fourth-order valence-electron chi connectivity index (χ4n) is 2.21. The summed E-state index contributed by atoms with van der Waals surface area (Å²) < 4.78 is 5.76. The lowest BCUT2D eigenvalue weighted by molar-refractivity contribution is 0.157. The van der Waals surface area contributed by atoms with Crippen LogP contribution < -0.4 is 9.92 Å². The van der Waals surface area contributed by atoms with Crippen molar-refractivity contribution in [3.8, 4) is 5.75 Å². The van der Waals surface area contributed by atoms with E-state index in [0.29, 0.717) is 13.1 Å². The SMILES string of the molecule is CCc1cccc([Si](C)(C)C)c1OC(=O)N(CC)CC. The summed E-state index contributed by atoms with van der Waals surface area (Å²) >= 11 is 0. The van der Waals surface area contributed by atoms with E-state index in [4.69, 9.17) is 4.74 Å². The molecule has 3 nitrogen and oxygen atoms in total. The average molecular weight is 293 g/mol. The van der Waals surface area contributed by atoms with Gasteiger partial charge in [-0.1, -0.05) is 44.8 Å². The van der Waals surface area contributed by atoms with Gasteiger partial charge in [0.25, 0.3) is 0 Å². The first kappa shape index (κ1) is 16.8. The van der Waals surface area contributed by atoms with Gasteiger partial charge in [0.05, 0.1) is 8.07 Å². The van der Waals surface area contributed by atoms with E-state index in [1.807, 2.05) is 13.8 Å². The number of amides is 1. The molecule has 0 bridgehead atoms. The Bertz CT molecular complexity index is 462. The Balaban J connectivity index is 3.18. The molecule has 0 aliphatic carbocycles. The number of ether oxygens (including phenoxy) is 1. The van der Waals surface area contributed by atoms with Crippen molar-refractivity contribution in [2.45, 2.75) is 46.8 Å². The van der Waals surface area contributed by atoms with Gasteiger partial charge < -0.3 is 9.64 Å². The molecule has 4 heteroatoms. The first-order valence-corrected chi connectivity index (χ1v) is 10.9. The third-order valence-electron chi connectivity index (χ3n) is 3.50. The molecule has 0 aromatic heterocycles. The highest BCUT2D eigenvalue weighted by Crippen LogP contribution is 2.21. The van der Waals surface area contributed by atoms with Crippen LogP contribution in [0, 0.1) is 0 Å². The van der Waals surface area contributed by atoms with E-state index in [-0.39, 0.29) is 6.09 Å². The van der Waals surface area contributed by atoms with Crippen molar-refractivity contribution in [2.75, 3.05) is 13.1 Å². The Labute approximate surface area is 123 Å². The van der Waals surface area contributed by atoms with Gasteiger partial charge in [-0.25, -0.2) is 4.79 Å². The van der Waals surface area contributed by atoms with E-state index < -0.39 is 8.07 Å². The minimum atomic E-state index is -1.54. The van der Waals surface area contributed by atoms with Crippen molar-refractivity contribution in [3.63, 3.8) is 0 Å². The second-order valence-electron chi connectivity index (χ2n) is 5.94. The highest BCUT2D eigenvalue weighted by molar-refractivity contribution is 6.89. The van der Waals surface area contributed by atoms with Crippen LogP contribution >= 0.6 is 0 Å². The van der Waals surface area contributed by atoms with E-state index in [1.165, 1.54) is 5.19 Å². The molecule has 0 fully saturated rings. The number of benzene rings is 1. The minimum absolute atomic E-state index is 0.240.